The van der Waals surface area contributed by atoms with Crippen LogP contribution in [0.5, 0.6) is 5.75 Å². The molecule has 0 aliphatic rings. The van der Waals surface area contributed by atoms with Gasteiger partial charge in [0.1, 0.15) is 12.4 Å². The molecule has 0 atom stereocenters. The van der Waals surface area contributed by atoms with Crippen molar-refractivity contribution in [3.8, 4) is 5.75 Å². The highest BCUT2D eigenvalue weighted by Crippen LogP contribution is 2.13. The Morgan fingerprint density at radius 3 is 2.33 bits per heavy atom. The summed E-state index contributed by atoms with van der Waals surface area (Å²) in [6, 6.07) is 8.32. The van der Waals surface area contributed by atoms with E-state index < -0.39 is 8.07 Å². The van der Waals surface area contributed by atoms with E-state index in [0.29, 0.717) is 13.2 Å². The Bertz CT molecular complexity index is 305. The molecule has 0 aliphatic carbocycles. The Morgan fingerprint density at radius 2 is 1.73 bits per heavy atom. The van der Waals surface area contributed by atoms with Gasteiger partial charge in [-0.2, -0.15) is 0 Å². The normalized spacial score (nSPS) is 11.5. The van der Waals surface area contributed by atoms with E-state index in [1.54, 1.807) is 7.11 Å². The number of benzene rings is 1. The maximum absolute atomic E-state index is 5.71. The van der Waals surface area contributed by atoms with Crippen molar-refractivity contribution in [2.75, 3.05) is 20.3 Å². The molecule has 1 aromatic carbocycles. The van der Waals surface area contributed by atoms with Gasteiger partial charge in [0, 0.05) is 7.11 Å². The first kappa shape index (κ1) is 12.3. The minimum absolute atomic E-state index is 0.623. The Hall–Kier alpha value is -0.803. The third-order valence-electron chi connectivity index (χ3n) is 2.24. The molecule has 0 aliphatic heterocycles. The molecule has 0 N–H and O–H groups in total. The second-order valence-electron chi connectivity index (χ2n) is 4.59. The van der Waals surface area contributed by atoms with Gasteiger partial charge >= 0.3 is 0 Å². The third-order valence-corrected chi connectivity index (χ3v) is 4.27. The first-order chi connectivity index (χ1) is 7.05. The molecule has 84 valence electrons. The number of methoxy groups -OCH3 is 1. The zero-order valence-electron chi connectivity index (χ0n) is 10.0. The van der Waals surface area contributed by atoms with Crippen LogP contribution < -0.4 is 9.92 Å². The van der Waals surface area contributed by atoms with Crippen molar-refractivity contribution in [2.24, 2.45) is 0 Å². The van der Waals surface area contributed by atoms with E-state index in [0.717, 1.165) is 5.75 Å². The number of hydrogen-bond donors (Lipinski definition) is 0. The number of rotatable bonds is 5. The summed E-state index contributed by atoms with van der Waals surface area (Å²) in [5.74, 6) is 1.02. The first-order valence-corrected chi connectivity index (χ1v) is 8.77. The summed E-state index contributed by atoms with van der Waals surface area (Å²) in [4.78, 5) is 0. The fourth-order valence-electron chi connectivity index (χ4n) is 1.45. The number of para-hydroxylation sites is 1. The minimum atomic E-state index is -1.30. The van der Waals surface area contributed by atoms with E-state index in [-0.39, 0.29) is 0 Å². The quantitative estimate of drug-likeness (QED) is 0.564. The molecule has 0 saturated carbocycles. The smallest absolute Gasteiger partial charge is 0.118 e. The molecule has 0 spiro atoms. The summed E-state index contributed by atoms with van der Waals surface area (Å²) in [5, 5.41) is 1.38. The molecule has 0 aromatic heterocycles. The van der Waals surface area contributed by atoms with Gasteiger partial charge in [-0.1, -0.05) is 37.8 Å². The van der Waals surface area contributed by atoms with Gasteiger partial charge < -0.3 is 9.47 Å². The van der Waals surface area contributed by atoms with Gasteiger partial charge in [-0.3, -0.25) is 0 Å². The molecule has 0 radical (unpaired) electrons. The lowest BCUT2D eigenvalue weighted by atomic mass is 10.3. The van der Waals surface area contributed by atoms with Crippen LogP contribution in [0.4, 0.5) is 0 Å². The molecule has 1 aromatic rings. The van der Waals surface area contributed by atoms with Crippen molar-refractivity contribution in [3.63, 3.8) is 0 Å². The molecule has 0 unspecified atom stereocenters. The molecule has 0 fully saturated rings. The van der Waals surface area contributed by atoms with Crippen LogP contribution in [0.2, 0.25) is 19.6 Å². The van der Waals surface area contributed by atoms with Gasteiger partial charge in [0.15, 0.2) is 0 Å². The maximum Gasteiger partial charge on any atom is 0.118 e. The SMILES string of the molecule is COCCOc1ccccc1[Si](C)(C)C. The van der Waals surface area contributed by atoms with Crippen LogP contribution in [0.15, 0.2) is 24.3 Å². The standard InChI is InChI=1S/C12H20O2Si/c1-13-9-10-14-11-7-5-6-8-12(11)15(2,3)4/h5-8H,9-10H2,1-4H3. The van der Waals surface area contributed by atoms with Crippen molar-refractivity contribution >= 4 is 13.3 Å². The van der Waals surface area contributed by atoms with Crippen LogP contribution in [-0.2, 0) is 4.74 Å². The Kier molecular flexibility index (Phi) is 4.36. The molecule has 1 rings (SSSR count). The van der Waals surface area contributed by atoms with Gasteiger partial charge in [0.2, 0.25) is 0 Å². The second kappa shape index (κ2) is 5.33. The highest BCUT2D eigenvalue weighted by molar-refractivity contribution is 6.89. The average Bonchev–Trinajstić information content (AvgIpc) is 2.17. The molecular weight excluding hydrogens is 204 g/mol. The summed E-state index contributed by atoms with van der Waals surface area (Å²) in [5.41, 5.74) is 0. The predicted molar refractivity (Wildman–Crippen MR) is 66.8 cm³/mol. The molecule has 0 amide bonds. The zero-order chi connectivity index (χ0) is 11.3. The highest BCUT2D eigenvalue weighted by atomic mass is 28.3. The van der Waals surface area contributed by atoms with Crippen molar-refractivity contribution in [1.82, 2.24) is 0 Å². The van der Waals surface area contributed by atoms with Crippen LogP contribution in [0.1, 0.15) is 0 Å². The first-order valence-electron chi connectivity index (χ1n) is 5.27. The van der Waals surface area contributed by atoms with Crippen molar-refractivity contribution in [3.05, 3.63) is 24.3 Å². The summed E-state index contributed by atoms with van der Waals surface area (Å²) >= 11 is 0. The molecule has 15 heavy (non-hydrogen) atoms. The zero-order valence-corrected chi connectivity index (χ0v) is 11.0. The van der Waals surface area contributed by atoms with E-state index in [1.807, 2.05) is 12.1 Å². The molecule has 2 nitrogen and oxygen atoms in total. The van der Waals surface area contributed by atoms with E-state index in [4.69, 9.17) is 9.47 Å². The third kappa shape index (κ3) is 3.68. The Morgan fingerprint density at radius 1 is 1.07 bits per heavy atom. The summed E-state index contributed by atoms with van der Waals surface area (Å²) in [6.45, 7) is 8.24. The fourth-order valence-corrected chi connectivity index (χ4v) is 2.94. The van der Waals surface area contributed by atoms with E-state index in [2.05, 4.69) is 31.8 Å². The largest absolute Gasteiger partial charge is 0.491 e. The summed E-state index contributed by atoms with van der Waals surface area (Å²) < 4.78 is 10.7. The van der Waals surface area contributed by atoms with Crippen LogP contribution in [0, 0.1) is 0 Å². The Balaban J connectivity index is 2.78. The van der Waals surface area contributed by atoms with Crippen molar-refractivity contribution < 1.29 is 9.47 Å². The molecular formula is C12H20O2Si. The van der Waals surface area contributed by atoms with Crippen LogP contribution in [-0.4, -0.2) is 28.4 Å². The van der Waals surface area contributed by atoms with Gasteiger partial charge in [-0.15, -0.1) is 0 Å². The van der Waals surface area contributed by atoms with E-state index >= 15 is 0 Å². The number of hydrogen-bond acceptors (Lipinski definition) is 2. The lowest BCUT2D eigenvalue weighted by molar-refractivity contribution is 0.147. The monoisotopic (exact) mass is 224 g/mol. The van der Waals surface area contributed by atoms with Gasteiger partial charge in [0.05, 0.1) is 14.7 Å². The van der Waals surface area contributed by atoms with Crippen LogP contribution >= 0.6 is 0 Å². The summed E-state index contributed by atoms with van der Waals surface area (Å²) in [7, 11) is 0.384. The Labute approximate surface area is 93.2 Å². The minimum Gasteiger partial charge on any atom is -0.491 e. The lowest BCUT2D eigenvalue weighted by Crippen LogP contribution is -2.38. The van der Waals surface area contributed by atoms with Gasteiger partial charge in [-0.05, 0) is 11.3 Å². The second-order valence-corrected chi connectivity index (χ2v) is 9.63. The lowest BCUT2D eigenvalue weighted by Gasteiger charge is -2.20. The van der Waals surface area contributed by atoms with Crippen LogP contribution in [0.25, 0.3) is 0 Å². The van der Waals surface area contributed by atoms with Crippen LogP contribution in [0.3, 0.4) is 0 Å². The average molecular weight is 224 g/mol. The molecule has 0 saturated heterocycles. The van der Waals surface area contributed by atoms with Crippen molar-refractivity contribution in [1.29, 1.82) is 0 Å². The van der Waals surface area contributed by atoms with E-state index in [1.165, 1.54) is 5.19 Å². The fraction of sp³-hybridized carbons (Fsp3) is 0.500. The topological polar surface area (TPSA) is 18.5 Å². The number of ether oxygens (including phenoxy) is 2. The summed E-state index contributed by atoms with van der Waals surface area (Å²) in [6.07, 6.45) is 0. The van der Waals surface area contributed by atoms with Crippen molar-refractivity contribution in [2.45, 2.75) is 19.6 Å². The van der Waals surface area contributed by atoms with E-state index in [9.17, 15) is 0 Å². The van der Waals surface area contributed by atoms with Gasteiger partial charge in [-0.25, -0.2) is 0 Å². The maximum atomic E-state index is 5.71. The van der Waals surface area contributed by atoms with Gasteiger partial charge in [0.25, 0.3) is 0 Å². The predicted octanol–water partition coefficient (Wildman–Crippen LogP) is 2.26. The molecule has 3 heteroatoms. The molecule has 0 bridgehead atoms. The molecule has 0 heterocycles. The highest BCUT2D eigenvalue weighted by Gasteiger charge is 2.20.